The summed E-state index contributed by atoms with van der Waals surface area (Å²) in [5.74, 6) is -1.72. The van der Waals surface area contributed by atoms with Crippen LogP contribution in [0.5, 0.6) is 0 Å². The number of hydrogen-bond donors (Lipinski definition) is 1. The molecule has 4 rings (SSSR count). The largest absolute Gasteiger partial charge is 0.478 e. The van der Waals surface area contributed by atoms with E-state index in [0.29, 0.717) is 21.9 Å². The Bertz CT molecular complexity index is 1410. The van der Waals surface area contributed by atoms with Crippen molar-refractivity contribution in [3.63, 3.8) is 0 Å². The van der Waals surface area contributed by atoms with Crippen LogP contribution in [0.4, 0.5) is 0 Å². The van der Waals surface area contributed by atoms with Gasteiger partial charge in [0, 0.05) is 15.4 Å². The molecule has 0 radical (unpaired) electrons. The standard InChI is InChI=1S/C25H18BrNO5/c1-32-25(31)22-21(16-7-3-2-4-8-16)20-13-18(26)10-11-19(20)23(28)27(22)14-15-6-5-9-17(12-15)24(29)30/h2-13H,14H2,1H3,(H,29,30). The normalized spacial score (nSPS) is 10.8. The number of carboxylic acid groups (broad SMARTS) is 1. The number of esters is 1. The molecule has 0 bridgehead atoms. The minimum Gasteiger partial charge on any atom is -0.478 e. The highest BCUT2D eigenvalue weighted by Crippen LogP contribution is 2.33. The van der Waals surface area contributed by atoms with Gasteiger partial charge in [0.25, 0.3) is 5.56 Å². The summed E-state index contributed by atoms with van der Waals surface area (Å²) in [7, 11) is 1.27. The second-order valence-electron chi connectivity index (χ2n) is 7.17. The zero-order valence-electron chi connectivity index (χ0n) is 17.0. The van der Waals surface area contributed by atoms with Crippen molar-refractivity contribution in [2.75, 3.05) is 7.11 Å². The molecule has 0 saturated heterocycles. The van der Waals surface area contributed by atoms with E-state index >= 15 is 0 Å². The maximum absolute atomic E-state index is 13.5. The maximum atomic E-state index is 13.5. The molecular formula is C25H18BrNO5. The molecule has 7 heteroatoms. The Morgan fingerprint density at radius 3 is 2.41 bits per heavy atom. The Morgan fingerprint density at radius 2 is 1.72 bits per heavy atom. The van der Waals surface area contributed by atoms with Crippen molar-refractivity contribution in [3.8, 4) is 11.1 Å². The minimum absolute atomic E-state index is 0.0101. The number of methoxy groups -OCH3 is 1. The molecule has 0 spiro atoms. The van der Waals surface area contributed by atoms with Crippen molar-refractivity contribution in [1.29, 1.82) is 0 Å². The molecule has 1 aromatic heterocycles. The van der Waals surface area contributed by atoms with Crippen molar-refractivity contribution in [2.24, 2.45) is 0 Å². The van der Waals surface area contributed by atoms with Gasteiger partial charge >= 0.3 is 11.9 Å². The van der Waals surface area contributed by atoms with E-state index in [-0.39, 0.29) is 23.4 Å². The lowest BCUT2D eigenvalue weighted by Crippen LogP contribution is -2.28. The highest BCUT2D eigenvalue weighted by molar-refractivity contribution is 9.10. The summed E-state index contributed by atoms with van der Waals surface area (Å²) in [5, 5.41) is 10.4. The van der Waals surface area contributed by atoms with Gasteiger partial charge in [0.05, 0.1) is 19.2 Å². The van der Waals surface area contributed by atoms with Crippen LogP contribution in [0.2, 0.25) is 0 Å². The first kappa shape index (κ1) is 21.5. The summed E-state index contributed by atoms with van der Waals surface area (Å²) in [6.07, 6.45) is 0. The zero-order chi connectivity index (χ0) is 22.8. The number of fused-ring (bicyclic) bond motifs is 1. The number of nitrogens with zero attached hydrogens (tertiary/aromatic N) is 1. The zero-order valence-corrected chi connectivity index (χ0v) is 18.6. The monoisotopic (exact) mass is 491 g/mol. The fourth-order valence-corrected chi connectivity index (χ4v) is 4.12. The van der Waals surface area contributed by atoms with Gasteiger partial charge in [-0.1, -0.05) is 58.4 Å². The van der Waals surface area contributed by atoms with Crippen LogP contribution in [0.15, 0.2) is 82.1 Å². The first-order valence-corrected chi connectivity index (χ1v) is 10.5. The Morgan fingerprint density at radius 1 is 0.969 bits per heavy atom. The number of carboxylic acids is 1. The fraction of sp³-hybridized carbons (Fsp3) is 0.0800. The number of benzene rings is 3. The smallest absolute Gasteiger partial charge is 0.355 e. The molecule has 0 aliphatic rings. The predicted molar refractivity (Wildman–Crippen MR) is 125 cm³/mol. The van der Waals surface area contributed by atoms with E-state index in [0.717, 1.165) is 10.0 Å². The lowest BCUT2D eigenvalue weighted by molar-refractivity contribution is 0.0587. The van der Waals surface area contributed by atoms with Gasteiger partial charge in [0.1, 0.15) is 5.69 Å². The molecule has 160 valence electrons. The average Bonchev–Trinajstić information content (AvgIpc) is 2.80. The molecule has 1 N–H and O–H groups in total. The number of carbonyl (C=O) groups is 2. The average molecular weight is 492 g/mol. The van der Waals surface area contributed by atoms with Crippen molar-refractivity contribution in [1.82, 2.24) is 4.57 Å². The summed E-state index contributed by atoms with van der Waals surface area (Å²) in [4.78, 5) is 37.9. The molecule has 0 saturated carbocycles. The third-order valence-corrected chi connectivity index (χ3v) is 5.68. The Hall–Kier alpha value is -3.71. The molecular weight excluding hydrogens is 474 g/mol. The summed E-state index contributed by atoms with van der Waals surface area (Å²) >= 11 is 3.46. The first-order chi connectivity index (χ1) is 15.4. The fourth-order valence-electron chi connectivity index (χ4n) is 3.76. The second-order valence-corrected chi connectivity index (χ2v) is 8.08. The summed E-state index contributed by atoms with van der Waals surface area (Å²) in [6, 6.07) is 20.9. The van der Waals surface area contributed by atoms with E-state index in [9.17, 15) is 19.5 Å². The van der Waals surface area contributed by atoms with Crippen molar-refractivity contribution >= 4 is 38.6 Å². The topological polar surface area (TPSA) is 85.6 Å². The molecule has 0 amide bonds. The number of rotatable bonds is 5. The van der Waals surface area contributed by atoms with E-state index < -0.39 is 11.9 Å². The molecule has 32 heavy (non-hydrogen) atoms. The lowest BCUT2D eigenvalue weighted by Gasteiger charge is -2.19. The highest BCUT2D eigenvalue weighted by Gasteiger charge is 2.24. The van der Waals surface area contributed by atoms with Gasteiger partial charge in [-0.05, 0) is 46.8 Å². The van der Waals surface area contributed by atoms with E-state index in [1.54, 1.807) is 30.3 Å². The van der Waals surface area contributed by atoms with Crippen LogP contribution in [0.25, 0.3) is 21.9 Å². The number of aromatic nitrogens is 1. The molecule has 6 nitrogen and oxygen atoms in total. The number of hydrogen-bond acceptors (Lipinski definition) is 4. The van der Waals surface area contributed by atoms with Crippen LogP contribution in [0.3, 0.4) is 0 Å². The quantitative estimate of drug-likeness (QED) is 0.398. The van der Waals surface area contributed by atoms with Gasteiger partial charge in [0.2, 0.25) is 0 Å². The van der Waals surface area contributed by atoms with Crippen molar-refractivity contribution < 1.29 is 19.4 Å². The summed E-state index contributed by atoms with van der Waals surface area (Å²) in [5.41, 5.74) is 1.74. The summed E-state index contributed by atoms with van der Waals surface area (Å²) in [6.45, 7) is 0.0101. The minimum atomic E-state index is -1.07. The van der Waals surface area contributed by atoms with Gasteiger partial charge in [-0.15, -0.1) is 0 Å². The molecule has 4 aromatic rings. The maximum Gasteiger partial charge on any atom is 0.355 e. The second kappa shape index (κ2) is 8.80. The van der Waals surface area contributed by atoms with E-state index in [4.69, 9.17) is 4.74 Å². The van der Waals surface area contributed by atoms with Crippen LogP contribution < -0.4 is 5.56 Å². The van der Waals surface area contributed by atoms with Gasteiger partial charge in [-0.25, -0.2) is 9.59 Å². The molecule has 0 aliphatic heterocycles. The van der Waals surface area contributed by atoms with Crippen LogP contribution in [0, 0.1) is 0 Å². The lowest BCUT2D eigenvalue weighted by atomic mass is 9.96. The number of pyridine rings is 1. The summed E-state index contributed by atoms with van der Waals surface area (Å²) < 4.78 is 7.19. The first-order valence-electron chi connectivity index (χ1n) is 9.72. The molecule has 1 heterocycles. The third kappa shape index (κ3) is 3.94. The van der Waals surface area contributed by atoms with Crippen LogP contribution in [-0.2, 0) is 11.3 Å². The molecule has 3 aromatic carbocycles. The highest BCUT2D eigenvalue weighted by atomic mass is 79.9. The van der Waals surface area contributed by atoms with Crippen LogP contribution in [0.1, 0.15) is 26.4 Å². The molecule has 0 unspecified atom stereocenters. The third-order valence-electron chi connectivity index (χ3n) is 5.19. The van der Waals surface area contributed by atoms with Crippen molar-refractivity contribution in [2.45, 2.75) is 6.54 Å². The van der Waals surface area contributed by atoms with E-state index in [1.165, 1.54) is 23.8 Å². The Balaban J connectivity index is 2.09. The number of aromatic carboxylic acids is 1. The number of ether oxygens (including phenoxy) is 1. The number of carbonyl (C=O) groups excluding carboxylic acids is 1. The van der Waals surface area contributed by atoms with Crippen LogP contribution >= 0.6 is 15.9 Å². The van der Waals surface area contributed by atoms with Gasteiger partial charge in [-0.3, -0.25) is 9.36 Å². The Kier molecular flexibility index (Phi) is 5.92. The van der Waals surface area contributed by atoms with E-state index in [2.05, 4.69) is 15.9 Å². The van der Waals surface area contributed by atoms with Crippen LogP contribution in [-0.4, -0.2) is 28.7 Å². The molecule has 0 aliphatic carbocycles. The van der Waals surface area contributed by atoms with Crippen molar-refractivity contribution in [3.05, 3.63) is 104 Å². The number of halogens is 1. The molecule has 0 fully saturated rings. The molecule has 0 atom stereocenters. The van der Waals surface area contributed by atoms with Gasteiger partial charge in [-0.2, -0.15) is 0 Å². The van der Waals surface area contributed by atoms with Gasteiger partial charge < -0.3 is 9.84 Å². The Labute approximate surface area is 191 Å². The SMILES string of the molecule is COC(=O)c1c(-c2ccccc2)c2cc(Br)ccc2c(=O)n1Cc1cccc(C(=O)O)c1. The predicted octanol–water partition coefficient (Wildman–Crippen LogP) is 4.96. The van der Waals surface area contributed by atoms with Gasteiger partial charge in [0.15, 0.2) is 0 Å². The van der Waals surface area contributed by atoms with E-state index in [1.807, 2.05) is 30.3 Å².